The lowest BCUT2D eigenvalue weighted by atomic mass is 9.91. The quantitative estimate of drug-likeness (QED) is 0.754. The summed E-state index contributed by atoms with van der Waals surface area (Å²) in [5, 5.41) is 3.54. The lowest BCUT2D eigenvalue weighted by molar-refractivity contribution is 0.485. The van der Waals surface area contributed by atoms with Gasteiger partial charge < -0.3 is 5.32 Å². The first-order valence-corrected chi connectivity index (χ1v) is 5.62. The van der Waals surface area contributed by atoms with E-state index < -0.39 is 0 Å². The molecule has 0 radical (unpaired) electrons. The molecule has 0 heterocycles. The smallest absolute Gasteiger partial charge is 0.0588 e. The molecule has 1 atom stereocenters. The molecule has 1 aromatic rings. The van der Waals surface area contributed by atoms with Crippen LogP contribution in [0.3, 0.4) is 0 Å². The highest BCUT2D eigenvalue weighted by molar-refractivity contribution is 5.27. The first-order valence-electron chi connectivity index (χ1n) is 5.62. The maximum atomic E-state index is 3.92. The molecule has 0 aromatic heterocycles. The van der Waals surface area contributed by atoms with Crippen molar-refractivity contribution in [2.45, 2.75) is 18.5 Å². The topological polar surface area (TPSA) is 12.0 Å². The van der Waals surface area contributed by atoms with Crippen LogP contribution in [0.4, 0.5) is 0 Å². The Morgan fingerprint density at radius 1 is 1.25 bits per heavy atom. The van der Waals surface area contributed by atoms with Gasteiger partial charge in [0.05, 0.1) is 5.54 Å². The first kappa shape index (κ1) is 10.9. The lowest BCUT2D eigenvalue weighted by Gasteiger charge is -2.29. The Morgan fingerprint density at radius 2 is 2.06 bits per heavy atom. The van der Waals surface area contributed by atoms with Gasteiger partial charge in [0.15, 0.2) is 0 Å². The zero-order chi connectivity index (χ0) is 11.3. The van der Waals surface area contributed by atoms with Crippen molar-refractivity contribution in [3.05, 3.63) is 72.9 Å². The minimum atomic E-state index is -0.0788. The number of hydrogen-bond donors (Lipinski definition) is 1. The van der Waals surface area contributed by atoms with Gasteiger partial charge in [0.2, 0.25) is 0 Å². The van der Waals surface area contributed by atoms with Crippen molar-refractivity contribution in [1.82, 2.24) is 5.32 Å². The average Bonchev–Trinajstić information content (AvgIpc) is 2.39. The molecule has 16 heavy (non-hydrogen) atoms. The van der Waals surface area contributed by atoms with Crippen molar-refractivity contribution in [2.24, 2.45) is 0 Å². The van der Waals surface area contributed by atoms with Gasteiger partial charge in [-0.05, 0) is 12.0 Å². The fourth-order valence-electron chi connectivity index (χ4n) is 1.85. The largest absolute Gasteiger partial charge is 0.300 e. The fraction of sp³-hybridized carbons (Fsp3) is 0.200. The molecule has 0 amide bonds. The van der Waals surface area contributed by atoms with Crippen molar-refractivity contribution < 1.29 is 0 Å². The van der Waals surface area contributed by atoms with E-state index in [4.69, 9.17) is 0 Å². The van der Waals surface area contributed by atoms with Crippen LogP contribution in [-0.4, -0.2) is 5.54 Å². The van der Waals surface area contributed by atoms with Gasteiger partial charge in [-0.1, -0.05) is 60.7 Å². The molecule has 0 aliphatic heterocycles. The highest BCUT2D eigenvalue weighted by atomic mass is 15.0. The van der Waals surface area contributed by atoms with Crippen molar-refractivity contribution in [1.29, 1.82) is 0 Å². The van der Waals surface area contributed by atoms with E-state index in [1.807, 2.05) is 12.1 Å². The zero-order valence-corrected chi connectivity index (χ0v) is 9.39. The van der Waals surface area contributed by atoms with Crippen LogP contribution in [0.5, 0.6) is 0 Å². The van der Waals surface area contributed by atoms with Crippen molar-refractivity contribution in [3.63, 3.8) is 0 Å². The summed E-state index contributed by atoms with van der Waals surface area (Å²) in [5.74, 6) is 0. The Labute approximate surface area is 97.2 Å². The minimum absolute atomic E-state index is 0.0788. The zero-order valence-electron chi connectivity index (χ0n) is 9.39. The summed E-state index contributed by atoms with van der Waals surface area (Å²) in [7, 11) is 0. The molecule has 0 saturated carbocycles. The molecule has 1 N–H and O–H groups in total. The molecule has 82 valence electrons. The Kier molecular flexibility index (Phi) is 3.37. The number of rotatable bonds is 4. The van der Waals surface area contributed by atoms with Gasteiger partial charge in [-0.2, -0.15) is 0 Å². The second kappa shape index (κ2) is 4.95. The van der Waals surface area contributed by atoms with Gasteiger partial charge in [-0.3, -0.25) is 0 Å². The second-order valence-electron chi connectivity index (χ2n) is 4.08. The van der Waals surface area contributed by atoms with Gasteiger partial charge in [-0.15, -0.1) is 6.58 Å². The summed E-state index contributed by atoms with van der Waals surface area (Å²) in [6.45, 7) is 4.79. The summed E-state index contributed by atoms with van der Waals surface area (Å²) < 4.78 is 0. The lowest BCUT2D eigenvalue weighted by Crippen LogP contribution is -2.41. The molecule has 1 aliphatic rings. The van der Waals surface area contributed by atoms with E-state index in [2.05, 4.69) is 60.5 Å². The first-order chi connectivity index (χ1) is 7.85. The van der Waals surface area contributed by atoms with Crippen molar-refractivity contribution >= 4 is 0 Å². The molecule has 0 spiro atoms. The molecular weight excluding hydrogens is 194 g/mol. The third-order valence-electron chi connectivity index (χ3n) is 2.93. The monoisotopic (exact) mass is 211 g/mol. The molecule has 1 nitrogen and oxygen atoms in total. The molecule has 1 heteroatoms. The molecule has 2 rings (SSSR count). The molecule has 0 saturated heterocycles. The number of nitrogens with one attached hydrogen (secondary N) is 1. The van der Waals surface area contributed by atoms with E-state index >= 15 is 0 Å². The van der Waals surface area contributed by atoms with Gasteiger partial charge in [0.1, 0.15) is 0 Å². The molecular formula is C15H17N. The van der Waals surface area contributed by atoms with Gasteiger partial charge in [-0.25, -0.2) is 0 Å². The molecule has 1 aliphatic carbocycles. The van der Waals surface area contributed by atoms with Crippen LogP contribution in [0.25, 0.3) is 0 Å². The maximum absolute atomic E-state index is 3.92. The fourth-order valence-corrected chi connectivity index (χ4v) is 1.85. The average molecular weight is 211 g/mol. The Bertz CT molecular complexity index is 403. The number of hydrogen-bond acceptors (Lipinski definition) is 1. The summed E-state index contributed by atoms with van der Waals surface area (Å²) in [6.07, 6.45) is 11.4. The second-order valence-corrected chi connectivity index (χ2v) is 4.08. The van der Waals surface area contributed by atoms with Crippen molar-refractivity contribution in [2.75, 3.05) is 0 Å². The Hall–Kier alpha value is -1.60. The molecule has 0 unspecified atom stereocenters. The van der Waals surface area contributed by atoms with Crippen LogP contribution in [0, 0.1) is 0 Å². The van der Waals surface area contributed by atoms with Gasteiger partial charge in [0.25, 0.3) is 0 Å². The van der Waals surface area contributed by atoms with Crippen LogP contribution in [-0.2, 0) is 6.54 Å². The highest BCUT2D eigenvalue weighted by Crippen LogP contribution is 2.19. The summed E-state index contributed by atoms with van der Waals surface area (Å²) in [4.78, 5) is 0. The van der Waals surface area contributed by atoms with E-state index in [1.165, 1.54) is 5.56 Å². The van der Waals surface area contributed by atoms with Crippen molar-refractivity contribution in [3.8, 4) is 0 Å². The highest BCUT2D eigenvalue weighted by Gasteiger charge is 2.21. The third-order valence-corrected chi connectivity index (χ3v) is 2.93. The standard InChI is InChI=1S/C15H17N/c1-2-15(11-7-4-8-12-15)16-13-14-9-5-3-6-10-14/h2-11,16H,1,12-13H2/t15-/m1/s1. The van der Waals surface area contributed by atoms with Gasteiger partial charge >= 0.3 is 0 Å². The van der Waals surface area contributed by atoms with E-state index in [-0.39, 0.29) is 5.54 Å². The Balaban J connectivity index is 2.01. The summed E-state index contributed by atoms with van der Waals surface area (Å²) in [5.41, 5.74) is 1.22. The van der Waals surface area contributed by atoms with Crippen LogP contribution >= 0.6 is 0 Å². The van der Waals surface area contributed by atoms with Crippen LogP contribution in [0.2, 0.25) is 0 Å². The summed E-state index contributed by atoms with van der Waals surface area (Å²) >= 11 is 0. The van der Waals surface area contributed by atoms with Gasteiger partial charge in [0, 0.05) is 6.54 Å². The van der Waals surface area contributed by atoms with E-state index in [9.17, 15) is 0 Å². The van der Waals surface area contributed by atoms with E-state index in [0.29, 0.717) is 0 Å². The minimum Gasteiger partial charge on any atom is -0.300 e. The summed E-state index contributed by atoms with van der Waals surface area (Å²) in [6, 6.07) is 10.4. The van der Waals surface area contributed by atoms with Crippen LogP contribution in [0.15, 0.2) is 67.3 Å². The molecule has 0 fully saturated rings. The predicted octanol–water partition coefficient (Wildman–Crippen LogP) is 3.22. The van der Waals surface area contributed by atoms with E-state index in [1.54, 1.807) is 0 Å². The third kappa shape index (κ3) is 2.50. The SMILES string of the molecule is C=C[C@@]1(NCc2ccccc2)C=CC=CC1. The predicted molar refractivity (Wildman–Crippen MR) is 69.1 cm³/mol. The van der Waals surface area contributed by atoms with E-state index in [0.717, 1.165) is 13.0 Å². The number of allylic oxidation sites excluding steroid dienone is 2. The molecule has 0 bridgehead atoms. The van der Waals surface area contributed by atoms with Crippen LogP contribution < -0.4 is 5.32 Å². The normalized spacial score (nSPS) is 23.2. The maximum Gasteiger partial charge on any atom is 0.0588 e. The number of benzene rings is 1. The molecule has 1 aromatic carbocycles. The Morgan fingerprint density at radius 3 is 2.69 bits per heavy atom. The van der Waals surface area contributed by atoms with Crippen LogP contribution in [0.1, 0.15) is 12.0 Å².